The molecule has 0 aromatic heterocycles. The second-order valence-electron chi connectivity index (χ2n) is 5.57. The second kappa shape index (κ2) is 4.71. The summed E-state index contributed by atoms with van der Waals surface area (Å²) in [5, 5.41) is 9.23. The summed E-state index contributed by atoms with van der Waals surface area (Å²) in [7, 11) is 0. The Kier molecular flexibility index (Phi) is 3.41. The molecule has 100 valence electrons. The van der Waals surface area contributed by atoms with Crippen molar-refractivity contribution in [2.24, 2.45) is 17.8 Å². The van der Waals surface area contributed by atoms with Crippen molar-refractivity contribution in [1.82, 2.24) is 4.90 Å². The number of imide groups is 1. The van der Waals surface area contributed by atoms with Crippen LogP contribution in [0.3, 0.4) is 0 Å². The first kappa shape index (κ1) is 13.1. The van der Waals surface area contributed by atoms with Gasteiger partial charge in [0, 0.05) is 0 Å². The Hall–Kier alpha value is -1.39. The fourth-order valence-electron chi connectivity index (χ4n) is 3.16. The van der Waals surface area contributed by atoms with Crippen molar-refractivity contribution in [1.29, 1.82) is 0 Å². The average Bonchev–Trinajstić information content (AvgIpc) is 2.55. The predicted molar refractivity (Wildman–Crippen MR) is 63.6 cm³/mol. The molecule has 5 nitrogen and oxygen atoms in total. The van der Waals surface area contributed by atoms with E-state index in [-0.39, 0.29) is 29.6 Å². The van der Waals surface area contributed by atoms with E-state index in [9.17, 15) is 19.5 Å². The first-order valence-electron chi connectivity index (χ1n) is 6.55. The molecular formula is C13H19NO4. The van der Waals surface area contributed by atoms with E-state index in [0.29, 0.717) is 0 Å². The second-order valence-corrected chi connectivity index (χ2v) is 5.57. The van der Waals surface area contributed by atoms with Crippen molar-refractivity contribution in [2.45, 2.75) is 45.6 Å². The van der Waals surface area contributed by atoms with Gasteiger partial charge >= 0.3 is 5.97 Å². The van der Waals surface area contributed by atoms with Gasteiger partial charge in [0.05, 0.1) is 11.8 Å². The summed E-state index contributed by atoms with van der Waals surface area (Å²) in [5.74, 6) is -2.45. The number of rotatable bonds is 3. The highest BCUT2D eigenvalue weighted by molar-refractivity contribution is 6.07. The minimum atomic E-state index is -1.09. The molecule has 0 radical (unpaired) electrons. The molecule has 0 unspecified atom stereocenters. The quantitative estimate of drug-likeness (QED) is 0.769. The van der Waals surface area contributed by atoms with Crippen molar-refractivity contribution < 1.29 is 19.5 Å². The fraction of sp³-hybridized carbons (Fsp3) is 0.769. The zero-order valence-electron chi connectivity index (χ0n) is 10.8. The van der Waals surface area contributed by atoms with Crippen LogP contribution in [0.25, 0.3) is 0 Å². The number of carbonyl (C=O) groups is 3. The summed E-state index contributed by atoms with van der Waals surface area (Å²) >= 11 is 0. The zero-order chi connectivity index (χ0) is 13.4. The molecule has 18 heavy (non-hydrogen) atoms. The van der Waals surface area contributed by atoms with Gasteiger partial charge < -0.3 is 5.11 Å². The van der Waals surface area contributed by atoms with Gasteiger partial charge in [0.25, 0.3) is 0 Å². The molecule has 1 N–H and O–H groups in total. The monoisotopic (exact) mass is 253 g/mol. The van der Waals surface area contributed by atoms with Gasteiger partial charge in [-0.15, -0.1) is 0 Å². The molecule has 1 saturated carbocycles. The van der Waals surface area contributed by atoms with Gasteiger partial charge in [-0.2, -0.15) is 0 Å². The minimum Gasteiger partial charge on any atom is -0.480 e. The lowest BCUT2D eigenvalue weighted by Crippen LogP contribution is -2.48. The molecule has 0 spiro atoms. The lowest BCUT2D eigenvalue weighted by molar-refractivity contribution is -0.157. The van der Waals surface area contributed by atoms with Crippen LogP contribution in [-0.4, -0.2) is 33.8 Å². The maximum atomic E-state index is 12.2. The van der Waals surface area contributed by atoms with Crippen molar-refractivity contribution in [3.8, 4) is 0 Å². The van der Waals surface area contributed by atoms with E-state index in [4.69, 9.17) is 0 Å². The van der Waals surface area contributed by atoms with E-state index in [1.807, 2.05) is 0 Å². The number of carboxylic acids is 1. The number of carboxylic acid groups (broad SMARTS) is 1. The first-order valence-corrected chi connectivity index (χ1v) is 6.55. The van der Waals surface area contributed by atoms with Gasteiger partial charge in [-0.25, -0.2) is 4.79 Å². The van der Waals surface area contributed by atoms with Crippen molar-refractivity contribution in [3.05, 3.63) is 0 Å². The van der Waals surface area contributed by atoms with Crippen molar-refractivity contribution in [2.75, 3.05) is 0 Å². The third kappa shape index (κ3) is 1.91. The van der Waals surface area contributed by atoms with E-state index in [1.54, 1.807) is 13.8 Å². The molecule has 1 aliphatic carbocycles. The summed E-state index contributed by atoms with van der Waals surface area (Å²) in [6.07, 6.45) is 3.34. The summed E-state index contributed by atoms with van der Waals surface area (Å²) < 4.78 is 0. The molecule has 0 aromatic carbocycles. The Morgan fingerprint density at radius 3 is 1.94 bits per heavy atom. The first-order chi connectivity index (χ1) is 8.45. The number of nitrogens with zero attached hydrogens (tertiary/aromatic N) is 1. The highest BCUT2D eigenvalue weighted by atomic mass is 16.4. The van der Waals surface area contributed by atoms with E-state index < -0.39 is 12.0 Å². The van der Waals surface area contributed by atoms with E-state index in [2.05, 4.69) is 0 Å². The predicted octanol–water partition coefficient (Wildman–Crippen LogP) is 1.27. The van der Waals surface area contributed by atoms with Crippen LogP contribution in [0.15, 0.2) is 0 Å². The smallest absolute Gasteiger partial charge is 0.327 e. The van der Waals surface area contributed by atoms with Gasteiger partial charge in [0.1, 0.15) is 6.04 Å². The third-order valence-corrected chi connectivity index (χ3v) is 4.04. The molecule has 1 aliphatic heterocycles. The molecule has 3 atom stereocenters. The molecule has 2 rings (SSSR count). The van der Waals surface area contributed by atoms with E-state index in [0.717, 1.165) is 30.6 Å². The molecule has 0 bridgehead atoms. The van der Waals surface area contributed by atoms with E-state index >= 15 is 0 Å². The largest absolute Gasteiger partial charge is 0.480 e. The molecule has 1 heterocycles. The Bertz CT molecular complexity index is 366. The molecule has 0 aromatic rings. The maximum absolute atomic E-state index is 12.2. The topological polar surface area (TPSA) is 74.7 Å². The lowest BCUT2D eigenvalue weighted by atomic mass is 9.81. The standard InChI is InChI=1S/C13H19NO4/c1-7(2)10(13(17)18)14-11(15)8-5-3-4-6-9(8)12(14)16/h7-10H,3-6H2,1-2H3,(H,17,18)/t8-,9-,10-/m1/s1. The number of carbonyl (C=O) groups excluding carboxylic acids is 2. The molecule has 2 amide bonds. The van der Waals surface area contributed by atoms with Gasteiger partial charge in [0.15, 0.2) is 0 Å². The van der Waals surface area contributed by atoms with Crippen LogP contribution in [0.4, 0.5) is 0 Å². The average molecular weight is 253 g/mol. The highest BCUT2D eigenvalue weighted by Crippen LogP contribution is 2.39. The molecule has 1 saturated heterocycles. The molecule has 5 heteroatoms. The third-order valence-electron chi connectivity index (χ3n) is 4.04. The van der Waals surface area contributed by atoms with Gasteiger partial charge in [-0.1, -0.05) is 26.7 Å². The van der Waals surface area contributed by atoms with Crippen LogP contribution >= 0.6 is 0 Å². The Balaban J connectivity index is 2.30. The summed E-state index contributed by atoms with van der Waals surface area (Å²) in [6, 6.07) is -1.02. The van der Waals surface area contributed by atoms with Gasteiger partial charge in [-0.05, 0) is 18.8 Å². The van der Waals surface area contributed by atoms with E-state index in [1.165, 1.54) is 0 Å². The summed E-state index contributed by atoms with van der Waals surface area (Å²) in [5.41, 5.74) is 0. The fourth-order valence-corrected chi connectivity index (χ4v) is 3.16. The highest BCUT2D eigenvalue weighted by Gasteiger charge is 2.52. The number of amides is 2. The molecular weight excluding hydrogens is 234 g/mol. The Labute approximate surface area is 106 Å². The van der Waals surface area contributed by atoms with Crippen LogP contribution in [0.2, 0.25) is 0 Å². The SMILES string of the molecule is CC(C)[C@H](C(=O)O)N1C(=O)[C@@H]2CCCC[C@H]2C1=O. The van der Waals surface area contributed by atoms with Crippen LogP contribution in [-0.2, 0) is 14.4 Å². The Morgan fingerprint density at radius 2 is 1.61 bits per heavy atom. The normalized spacial score (nSPS) is 29.6. The summed E-state index contributed by atoms with van der Waals surface area (Å²) in [4.78, 5) is 36.8. The maximum Gasteiger partial charge on any atom is 0.327 e. The van der Waals surface area contributed by atoms with Crippen LogP contribution in [0, 0.1) is 17.8 Å². The van der Waals surface area contributed by atoms with Crippen molar-refractivity contribution in [3.63, 3.8) is 0 Å². The Morgan fingerprint density at radius 1 is 1.17 bits per heavy atom. The lowest BCUT2D eigenvalue weighted by Gasteiger charge is -2.26. The van der Waals surface area contributed by atoms with Gasteiger partial charge in [0.2, 0.25) is 11.8 Å². The molecule has 2 aliphatic rings. The summed E-state index contributed by atoms with van der Waals surface area (Å²) in [6.45, 7) is 3.45. The number of aliphatic carboxylic acids is 1. The molecule has 2 fully saturated rings. The number of hydrogen-bond acceptors (Lipinski definition) is 3. The zero-order valence-corrected chi connectivity index (χ0v) is 10.8. The van der Waals surface area contributed by atoms with Crippen LogP contribution in [0.5, 0.6) is 0 Å². The number of hydrogen-bond donors (Lipinski definition) is 1. The van der Waals surface area contributed by atoms with Gasteiger partial charge in [-0.3, -0.25) is 14.5 Å². The minimum absolute atomic E-state index is 0.268. The van der Waals surface area contributed by atoms with Crippen LogP contribution < -0.4 is 0 Å². The van der Waals surface area contributed by atoms with Crippen LogP contribution in [0.1, 0.15) is 39.5 Å². The number of fused-ring (bicyclic) bond motifs is 1. The van der Waals surface area contributed by atoms with Crippen molar-refractivity contribution >= 4 is 17.8 Å². The number of likely N-dealkylation sites (tertiary alicyclic amines) is 1.